The van der Waals surface area contributed by atoms with Crippen LogP contribution in [0.4, 0.5) is 5.82 Å². The predicted octanol–water partition coefficient (Wildman–Crippen LogP) is 3.09. The van der Waals surface area contributed by atoms with Crippen LogP contribution in [0.5, 0.6) is 0 Å². The molecule has 2 N–H and O–H groups in total. The number of aromatic nitrogens is 4. The van der Waals surface area contributed by atoms with E-state index in [2.05, 4.69) is 43.1 Å². The first-order valence-corrected chi connectivity index (χ1v) is 8.31. The van der Waals surface area contributed by atoms with E-state index in [9.17, 15) is 0 Å². The highest BCUT2D eigenvalue weighted by Gasteiger charge is 2.34. The number of anilines is 1. The second kappa shape index (κ2) is 5.90. The maximum atomic E-state index is 5.95. The Morgan fingerprint density at radius 3 is 2.78 bits per heavy atom. The van der Waals surface area contributed by atoms with Crippen molar-refractivity contribution in [2.45, 2.75) is 31.6 Å². The van der Waals surface area contributed by atoms with Gasteiger partial charge in [0.25, 0.3) is 0 Å². The zero-order chi connectivity index (χ0) is 15.8. The molecule has 1 aliphatic carbocycles. The summed E-state index contributed by atoms with van der Waals surface area (Å²) in [6, 6.07) is 10.5. The Kier molecular flexibility index (Phi) is 3.74. The summed E-state index contributed by atoms with van der Waals surface area (Å²) in [7, 11) is 0. The third kappa shape index (κ3) is 2.70. The van der Waals surface area contributed by atoms with Crippen molar-refractivity contribution in [1.29, 1.82) is 0 Å². The van der Waals surface area contributed by atoms with Crippen LogP contribution in [0.1, 0.15) is 24.4 Å². The minimum absolute atomic E-state index is 0.261. The van der Waals surface area contributed by atoms with E-state index in [-0.39, 0.29) is 6.10 Å². The van der Waals surface area contributed by atoms with Gasteiger partial charge in [-0.3, -0.25) is 0 Å². The highest BCUT2D eigenvalue weighted by atomic mass is 79.9. The van der Waals surface area contributed by atoms with Gasteiger partial charge in [-0.15, -0.1) is 0 Å². The average molecular weight is 374 g/mol. The monoisotopic (exact) mass is 373 g/mol. The van der Waals surface area contributed by atoms with Gasteiger partial charge in [-0.1, -0.05) is 30.3 Å². The highest BCUT2D eigenvalue weighted by Crippen LogP contribution is 2.38. The first-order chi connectivity index (χ1) is 11.2. The molecule has 3 aromatic rings. The van der Waals surface area contributed by atoms with Crippen LogP contribution in [0.3, 0.4) is 0 Å². The van der Waals surface area contributed by atoms with Crippen LogP contribution in [0.25, 0.3) is 11.0 Å². The number of hydrogen-bond donors (Lipinski definition) is 1. The second-order valence-corrected chi connectivity index (χ2v) is 6.49. The molecule has 118 valence electrons. The molecule has 1 saturated carbocycles. The molecule has 0 radical (unpaired) electrons. The van der Waals surface area contributed by atoms with Gasteiger partial charge in [0.1, 0.15) is 16.7 Å². The number of fused-ring (bicyclic) bond motifs is 1. The molecule has 6 nitrogen and oxygen atoms in total. The molecule has 2 aromatic heterocycles. The minimum Gasteiger partial charge on any atom is -0.383 e. The van der Waals surface area contributed by atoms with Crippen molar-refractivity contribution in [3.05, 3.63) is 46.8 Å². The van der Waals surface area contributed by atoms with E-state index in [1.807, 2.05) is 22.9 Å². The normalized spacial score (nSPS) is 20.6. The topological polar surface area (TPSA) is 78.9 Å². The lowest BCUT2D eigenvalue weighted by Gasteiger charge is -2.35. The number of nitrogen functional groups attached to an aromatic ring is 1. The van der Waals surface area contributed by atoms with E-state index in [1.54, 1.807) is 0 Å². The summed E-state index contributed by atoms with van der Waals surface area (Å²) in [4.78, 5) is 8.34. The summed E-state index contributed by atoms with van der Waals surface area (Å²) in [6.07, 6.45) is 3.60. The van der Waals surface area contributed by atoms with Crippen molar-refractivity contribution >= 4 is 32.8 Å². The van der Waals surface area contributed by atoms with Gasteiger partial charge in [0, 0.05) is 0 Å². The van der Waals surface area contributed by atoms with Gasteiger partial charge in [-0.05, 0) is 34.3 Å². The Hall–Kier alpha value is -1.99. The molecule has 23 heavy (non-hydrogen) atoms. The van der Waals surface area contributed by atoms with Crippen LogP contribution >= 0.6 is 15.9 Å². The molecule has 1 aromatic carbocycles. The quantitative estimate of drug-likeness (QED) is 0.759. The largest absolute Gasteiger partial charge is 0.383 e. The van der Waals surface area contributed by atoms with Crippen molar-refractivity contribution in [3.63, 3.8) is 0 Å². The molecular weight excluding hydrogens is 358 g/mol. The SMILES string of the molecule is Nc1ncnc2c1c(Br)nn2[C@H]1C[C@H](OCc2ccccc2)C1. The van der Waals surface area contributed by atoms with Crippen LogP contribution < -0.4 is 5.73 Å². The maximum Gasteiger partial charge on any atom is 0.164 e. The van der Waals surface area contributed by atoms with Crippen LogP contribution in [0.15, 0.2) is 41.3 Å². The summed E-state index contributed by atoms with van der Waals surface area (Å²) >= 11 is 3.44. The zero-order valence-corrected chi connectivity index (χ0v) is 14.0. The van der Waals surface area contributed by atoms with Crippen LogP contribution in [-0.2, 0) is 11.3 Å². The van der Waals surface area contributed by atoms with Crippen molar-refractivity contribution in [2.75, 3.05) is 5.73 Å². The van der Waals surface area contributed by atoms with E-state index in [0.29, 0.717) is 23.1 Å². The van der Waals surface area contributed by atoms with Crippen molar-refractivity contribution in [3.8, 4) is 0 Å². The fourth-order valence-corrected chi connectivity index (χ4v) is 3.42. The van der Waals surface area contributed by atoms with Gasteiger partial charge in [0.2, 0.25) is 0 Å². The Bertz CT molecular complexity index is 829. The first-order valence-electron chi connectivity index (χ1n) is 7.52. The number of rotatable bonds is 4. The number of benzene rings is 1. The number of nitrogens with two attached hydrogens (primary N) is 1. The lowest BCUT2D eigenvalue weighted by molar-refractivity contribution is -0.0375. The van der Waals surface area contributed by atoms with Crippen molar-refractivity contribution in [2.24, 2.45) is 0 Å². The molecular formula is C16H16BrN5O. The van der Waals surface area contributed by atoms with Gasteiger partial charge in [-0.2, -0.15) is 5.10 Å². The molecule has 0 unspecified atom stereocenters. The molecule has 2 heterocycles. The molecule has 0 bridgehead atoms. The fraction of sp³-hybridized carbons (Fsp3) is 0.312. The molecule has 0 aliphatic heterocycles. The number of ether oxygens (including phenoxy) is 1. The highest BCUT2D eigenvalue weighted by molar-refractivity contribution is 9.10. The molecule has 4 rings (SSSR count). The Morgan fingerprint density at radius 2 is 2.00 bits per heavy atom. The van der Waals surface area contributed by atoms with Gasteiger partial charge in [0.05, 0.1) is 24.1 Å². The Morgan fingerprint density at radius 1 is 1.22 bits per heavy atom. The van der Waals surface area contributed by atoms with Crippen molar-refractivity contribution in [1.82, 2.24) is 19.7 Å². The predicted molar refractivity (Wildman–Crippen MR) is 90.7 cm³/mol. The van der Waals surface area contributed by atoms with Gasteiger partial charge >= 0.3 is 0 Å². The number of hydrogen-bond acceptors (Lipinski definition) is 5. The number of nitrogens with zero attached hydrogens (tertiary/aromatic N) is 4. The molecule has 0 spiro atoms. The molecule has 0 amide bonds. The van der Waals surface area contributed by atoms with Crippen LogP contribution in [0, 0.1) is 0 Å². The molecule has 1 fully saturated rings. The van der Waals surface area contributed by atoms with Crippen molar-refractivity contribution < 1.29 is 4.74 Å². The fourth-order valence-electron chi connectivity index (χ4n) is 2.87. The average Bonchev–Trinajstić information content (AvgIpc) is 2.85. The van der Waals surface area contributed by atoms with E-state index in [1.165, 1.54) is 11.9 Å². The third-order valence-electron chi connectivity index (χ3n) is 4.22. The molecule has 1 aliphatic rings. The van der Waals surface area contributed by atoms with Crippen LogP contribution in [-0.4, -0.2) is 25.9 Å². The zero-order valence-electron chi connectivity index (χ0n) is 12.4. The first kappa shape index (κ1) is 14.6. The summed E-state index contributed by atoms with van der Waals surface area (Å²) in [5, 5.41) is 5.30. The van der Waals surface area contributed by atoms with Gasteiger partial charge in [-0.25, -0.2) is 14.6 Å². The minimum atomic E-state index is 0.261. The Labute approximate surface area is 141 Å². The van der Waals surface area contributed by atoms with E-state index >= 15 is 0 Å². The van der Waals surface area contributed by atoms with E-state index in [0.717, 1.165) is 23.9 Å². The standard InChI is InChI=1S/C16H16BrN5O/c17-14-13-15(18)19-9-20-16(13)22(21-14)11-6-12(7-11)23-8-10-4-2-1-3-5-10/h1-5,9,11-12H,6-8H2,(H2,18,19,20)/t11-,12-. The lowest BCUT2D eigenvalue weighted by Crippen LogP contribution is -2.33. The molecule has 7 heteroatoms. The second-order valence-electron chi connectivity index (χ2n) is 5.74. The summed E-state index contributed by atoms with van der Waals surface area (Å²) in [5.74, 6) is 0.448. The number of halogens is 1. The van der Waals surface area contributed by atoms with Crippen LogP contribution in [0.2, 0.25) is 0 Å². The maximum absolute atomic E-state index is 5.95. The lowest BCUT2D eigenvalue weighted by atomic mass is 9.89. The van der Waals surface area contributed by atoms with E-state index < -0.39 is 0 Å². The van der Waals surface area contributed by atoms with Gasteiger partial charge < -0.3 is 10.5 Å². The summed E-state index contributed by atoms with van der Waals surface area (Å²) < 4.78 is 8.57. The molecule has 0 saturated heterocycles. The Balaban J connectivity index is 1.43. The smallest absolute Gasteiger partial charge is 0.164 e. The third-order valence-corrected chi connectivity index (χ3v) is 4.77. The summed E-state index contributed by atoms with van der Waals surface area (Å²) in [5.41, 5.74) is 7.88. The van der Waals surface area contributed by atoms with E-state index in [4.69, 9.17) is 10.5 Å². The van der Waals surface area contributed by atoms with Gasteiger partial charge in [0.15, 0.2) is 5.65 Å². The summed E-state index contributed by atoms with van der Waals surface area (Å²) in [6.45, 7) is 0.650. The molecule has 0 atom stereocenters.